The van der Waals surface area contributed by atoms with Crippen molar-refractivity contribution >= 4 is 24.4 Å². The maximum atomic E-state index is 6.14. The lowest BCUT2D eigenvalue weighted by Gasteiger charge is -2.31. The van der Waals surface area contributed by atoms with Crippen LogP contribution in [0.4, 0.5) is 0 Å². The van der Waals surface area contributed by atoms with E-state index < -0.39 is 0 Å². The second-order valence-electron chi connectivity index (χ2n) is 6.10. The summed E-state index contributed by atoms with van der Waals surface area (Å²) in [5.41, 5.74) is 0. The fourth-order valence-corrected chi connectivity index (χ4v) is 5.50. The van der Waals surface area contributed by atoms with Crippen LogP contribution in [0, 0.1) is 23.7 Å². The van der Waals surface area contributed by atoms with Crippen LogP contribution in [-0.2, 0) is 4.74 Å². The molecular weight excluding hydrogens is 248 g/mol. The molecule has 17 heavy (non-hydrogen) atoms. The van der Waals surface area contributed by atoms with Crippen molar-refractivity contribution in [2.75, 3.05) is 18.6 Å². The highest BCUT2D eigenvalue weighted by atomic mass is 32.2. The summed E-state index contributed by atoms with van der Waals surface area (Å²) >= 11 is 6.62. The molecule has 0 aliphatic heterocycles. The number of hydrogen-bond donors (Lipinski definition) is 1. The average Bonchev–Trinajstić information content (AvgIpc) is 2.94. The second-order valence-corrected chi connectivity index (χ2v) is 7.82. The molecule has 0 amide bonds. The molecule has 6 unspecified atom stereocenters. The molecule has 6 atom stereocenters. The maximum Gasteiger partial charge on any atom is 0.0608 e. The maximum absolute atomic E-state index is 6.14. The molecule has 3 saturated carbocycles. The number of ether oxygens (including phenoxy) is 1. The van der Waals surface area contributed by atoms with Crippen LogP contribution in [0.15, 0.2) is 0 Å². The number of thiol groups is 1. The van der Waals surface area contributed by atoms with Gasteiger partial charge < -0.3 is 4.74 Å². The number of fused-ring (bicyclic) bond motifs is 5. The van der Waals surface area contributed by atoms with Crippen molar-refractivity contribution in [3.05, 3.63) is 0 Å². The zero-order valence-electron chi connectivity index (χ0n) is 10.7. The van der Waals surface area contributed by atoms with Gasteiger partial charge in [0.1, 0.15) is 0 Å². The topological polar surface area (TPSA) is 9.23 Å². The molecule has 3 rings (SSSR count). The Morgan fingerprint density at radius 3 is 2.76 bits per heavy atom. The molecule has 3 heteroatoms. The molecule has 2 bridgehead atoms. The summed E-state index contributed by atoms with van der Waals surface area (Å²) < 4.78 is 6.14. The first-order chi connectivity index (χ1) is 8.29. The van der Waals surface area contributed by atoms with Crippen LogP contribution in [0.1, 0.15) is 32.1 Å². The minimum absolute atomic E-state index is 0.599. The quantitative estimate of drug-likeness (QED) is 0.606. The molecule has 0 aromatic rings. The van der Waals surface area contributed by atoms with Gasteiger partial charge in [-0.3, -0.25) is 0 Å². The Hall–Kier alpha value is 0.660. The van der Waals surface area contributed by atoms with E-state index in [1.54, 1.807) is 0 Å². The van der Waals surface area contributed by atoms with Gasteiger partial charge in [0.15, 0.2) is 0 Å². The van der Waals surface area contributed by atoms with Crippen LogP contribution >= 0.6 is 24.4 Å². The highest BCUT2D eigenvalue weighted by Crippen LogP contribution is 2.60. The Morgan fingerprint density at radius 2 is 1.94 bits per heavy atom. The molecule has 1 nitrogen and oxygen atoms in total. The Bertz CT molecular complexity index is 271. The standard InChI is InChI=1S/C14H24OS2/c1-17-4-2-3-15-14-6-9-5-13(14)12-8-10(16)7-11(9)12/h9-14,16H,2-8H2,1H3. The molecule has 0 saturated heterocycles. The highest BCUT2D eigenvalue weighted by molar-refractivity contribution is 7.98. The third-order valence-corrected chi connectivity index (χ3v) is 6.32. The smallest absolute Gasteiger partial charge is 0.0608 e. The fourth-order valence-electron chi connectivity index (χ4n) is 4.61. The third kappa shape index (κ3) is 2.40. The molecule has 0 N–H and O–H groups in total. The van der Waals surface area contributed by atoms with Gasteiger partial charge in [-0.2, -0.15) is 24.4 Å². The van der Waals surface area contributed by atoms with E-state index in [1.165, 1.54) is 37.9 Å². The summed E-state index contributed by atoms with van der Waals surface area (Å²) in [6.07, 6.45) is 9.55. The Labute approximate surface area is 115 Å². The molecule has 0 spiro atoms. The van der Waals surface area contributed by atoms with Crippen molar-refractivity contribution in [1.29, 1.82) is 0 Å². The van der Waals surface area contributed by atoms with E-state index in [0.29, 0.717) is 11.4 Å². The van der Waals surface area contributed by atoms with Crippen molar-refractivity contribution in [3.8, 4) is 0 Å². The summed E-state index contributed by atoms with van der Waals surface area (Å²) in [6, 6.07) is 0. The molecule has 0 radical (unpaired) electrons. The van der Waals surface area contributed by atoms with Crippen molar-refractivity contribution in [3.63, 3.8) is 0 Å². The monoisotopic (exact) mass is 272 g/mol. The fraction of sp³-hybridized carbons (Fsp3) is 1.00. The van der Waals surface area contributed by atoms with E-state index in [-0.39, 0.29) is 0 Å². The largest absolute Gasteiger partial charge is 0.378 e. The average molecular weight is 272 g/mol. The van der Waals surface area contributed by atoms with Crippen molar-refractivity contribution in [2.45, 2.75) is 43.5 Å². The predicted molar refractivity (Wildman–Crippen MR) is 77.9 cm³/mol. The van der Waals surface area contributed by atoms with E-state index in [2.05, 4.69) is 6.26 Å². The predicted octanol–water partition coefficient (Wildman–Crippen LogP) is 3.49. The molecule has 0 heterocycles. The summed E-state index contributed by atoms with van der Waals surface area (Å²) in [4.78, 5) is 0. The summed E-state index contributed by atoms with van der Waals surface area (Å²) in [5, 5.41) is 0.686. The molecule has 3 aliphatic carbocycles. The first kappa shape index (κ1) is 12.7. The van der Waals surface area contributed by atoms with Gasteiger partial charge in [-0.1, -0.05) is 0 Å². The van der Waals surface area contributed by atoms with E-state index >= 15 is 0 Å². The lowest BCUT2D eigenvalue weighted by molar-refractivity contribution is -0.00952. The Balaban J connectivity index is 1.50. The Morgan fingerprint density at radius 1 is 1.12 bits per heavy atom. The van der Waals surface area contributed by atoms with Gasteiger partial charge in [0, 0.05) is 11.9 Å². The van der Waals surface area contributed by atoms with Gasteiger partial charge in [-0.25, -0.2) is 0 Å². The first-order valence-corrected chi connectivity index (χ1v) is 8.99. The van der Waals surface area contributed by atoms with Crippen molar-refractivity contribution < 1.29 is 4.74 Å². The van der Waals surface area contributed by atoms with Crippen molar-refractivity contribution in [2.24, 2.45) is 23.7 Å². The van der Waals surface area contributed by atoms with Crippen LogP contribution in [0.2, 0.25) is 0 Å². The minimum Gasteiger partial charge on any atom is -0.378 e. The summed E-state index contributed by atoms with van der Waals surface area (Å²) in [5.74, 6) is 5.07. The number of rotatable bonds is 5. The summed E-state index contributed by atoms with van der Waals surface area (Å²) in [6.45, 7) is 0.983. The number of thioether (sulfide) groups is 1. The zero-order valence-corrected chi connectivity index (χ0v) is 12.4. The van der Waals surface area contributed by atoms with Crippen molar-refractivity contribution in [1.82, 2.24) is 0 Å². The SMILES string of the molecule is CSCCCOC1CC2CC1C1CC(S)CC21. The molecule has 0 aromatic heterocycles. The normalized spacial score (nSPS) is 47.6. The van der Waals surface area contributed by atoms with Gasteiger partial charge in [0.05, 0.1) is 6.10 Å². The molecular formula is C14H24OS2. The van der Waals surface area contributed by atoms with Gasteiger partial charge >= 0.3 is 0 Å². The summed E-state index contributed by atoms with van der Waals surface area (Å²) in [7, 11) is 0. The first-order valence-electron chi connectivity index (χ1n) is 7.08. The van der Waals surface area contributed by atoms with E-state index in [4.69, 9.17) is 17.4 Å². The lowest BCUT2D eigenvalue weighted by atomic mass is 9.80. The lowest BCUT2D eigenvalue weighted by Crippen LogP contribution is -2.30. The van der Waals surface area contributed by atoms with E-state index in [0.717, 1.165) is 30.3 Å². The van der Waals surface area contributed by atoms with Crippen LogP contribution in [0.5, 0.6) is 0 Å². The van der Waals surface area contributed by atoms with Gasteiger partial charge in [-0.15, -0.1) is 0 Å². The third-order valence-electron chi connectivity index (χ3n) is 5.21. The minimum atomic E-state index is 0.599. The molecule has 0 aromatic carbocycles. The van der Waals surface area contributed by atoms with E-state index in [9.17, 15) is 0 Å². The van der Waals surface area contributed by atoms with Crippen LogP contribution < -0.4 is 0 Å². The zero-order chi connectivity index (χ0) is 11.8. The van der Waals surface area contributed by atoms with Crippen LogP contribution in [0.3, 0.4) is 0 Å². The molecule has 98 valence electrons. The van der Waals surface area contributed by atoms with Crippen LogP contribution in [-0.4, -0.2) is 30.0 Å². The van der Waals surface area contributed by atoms with E-state index in [1.807, 2.05) is 11.8 Å². The molecule has 3 aliphatic rings. The van der Waals surface area contributed by atoms with Gasteiger partial charge in [-0.05, 0) is 67.8 Å². The Kier molecular flexibility index (Phi) is 3.98. The van der Waals surface area contributed by atoms with Gasteiger partial charge in [0.2, 0.25) is 0 Å². The number of hydrogen-bond acceptors (Lipinski definition) is 3. The second kappa shape index (κ2) is 5.34. The van der Waals surface area contributed by atoms with Gasteiger partial charge in [0.25, 0.3) is 0 Å². The van der Waals surface area contributed by atoms with Crippen LogP contribution in [0.25, 0.3) is 0 Å². The molecule has 3 fully saturated rings. The highest BCUT2D eigenvalue weighted by Gasteiger charge is 2.55.